The Bertz CT molecular complexity index is 671. The molecule has 0 saturated heterocycles. The van der Waals surface area contributed by atoms with Crippen molar-refractivity contribution < 1.29 is 19.0 Å². The van der Waals surface area contributed by atoms with Gasteiger partial charge in [-0.25, -0.2) is 9.18 Å². The second kappa shape index (κ2) is 7.60. The third-order valence-electron chi connectivity index (χ3n) is 3.23. The van der Waals surface area contributed by atoms with Gasteiger partial charge in [0.2, 0.25) is 0 Å². The molecule has 1 atom stereocenters. The molecule has 0 aliphatic rings. The zero-order valence-corrected chi connectivity index (χ0v) is 13.0. The highest BCUT2D eigenvalue weighted by Crippen LogP contribution is 2.18. The number of hydrogen-bond acceptors (Lipinski definition) is 3. The van der Waals surface area contributed by atoms with E-state index in [1.165, 1.54) is 19.2 Å². The van der Waals surface area contributed by atoms with Gasteiger partial charge in [0.1, 0.15) is 11.6 Å². The molecule has 0 spiro atoms. The molecule has 0 aliphatic heterocycles. The first-order valence-electron chi connectivity index (χ1n) is 7.12. The Kier molecular flexibility index (Phi) is 5.54. The number of rotatable bonds is 5. The second-order valence-electron chi connectivity index (χ2n) is 5.14. The minimum atomic E-state index is -0.870. The molecular weight excluding hydrogens is 299 g/mol. The summed E-state index contributed by atoms with van der Waals surface area (Å²) in [5, 5.41) is 15.2. The third-order valence-corrected chi connectivity index (χ3v) is 3.23. The number of aryl methyl sites for hydroxylation is 1. The molecule has 122 valence electrons. The van der Waals surface area contributed by atoms with Crippen LogP contribution in [0.15, 0.2) is 42.5 Å². The number of carbonyl (C=O) groups is 1. The van der Waals surface area contributed by atoms with E-state index in [0.717, 1.165) is 0 Å². The van der Waals surface area contributed by atoms with Crippen LogP contribution in [0, 0.1) is 12.7 Å². The van der Waals surface area contributed by atoms with Gasteiger partial charge in [-0.3, -0.25) is 0 Å². The summed E-state index contributed by atoms with van der Waals surface area (Å²) in [7, 11) is 1.54. The zero-order chi connectivity index (χ0) is 16.8. The van der Waals surface area contributed by atoms with Crippen molar-refractivity contribution in [1.82, 2.24) is 5.32 Å². The van der Waals surface area contributed by atoms with Gasteiger partial charge in [-0.2, -0.15) is 0 Å². The molecule has 0 radical (unpaired) electrons. The van der Waals surface area contributed by atoms with Crippen molar-refractivity contribution in [2.75, 3.05) is 19.0 Å². The van der Waals surface area contributed by atoms with Gasteiger partial charge in [0.25, 0.3) is 0 Å². The Morgan fingerprint density at radius 1 is 1.30 bits per heavy atom. The fraction of sp³-hybridized carbons (Fsp3) is 0.235. The Balaban J connectivity index is 1.90. The monoisotopic (exact) mass is 318 g/mol. The van der Waals surface area contributed by atoms with E-state index in [1.54, 1.807) is 37.3 Å². The summed E-state index contributed by atoms with van der Waals surface area (Å²) in [6, 6.07) is 10.7. The molecule has 0 saturated carbocycles. The molecule has 0 bridgehead atoms. The standard InChI is InChI=1S/C17H19FN2O3/c1-11-6-13(18)9-14(7-11)20-17(22)19-10-16(21)12-4-3-5-15(8-12)23-2/h3-9,16,21H,10H2,1-2H3,(H2,19,20,22). The lowest BCUT2D eigenvalue weighted by Gasteiger charge is -2.14. The van der Waals surface area contributed by atoms with E-state index >= 15 is 0 Å². The number of urea groups is 1. The molecule has 0 aliphatic carbocycles. The summed E-state index contributed by atoms with van der Waals surface area (Å²) in [6.45, 7) is 1.76. The molecule has 3 N–H and O–H groups in total. The lowest BCUT2D eigenvalue weighted by atomic mass is 10.1. The Morgan fingerprint density at radius 3 is 2.78 bits per heavy atom. The number of methoxy groups -OCH3 is 1. The van der Waals surface area contributed by atoms with Crippen LogP contribution in [0.3, 0.4) is 0 Å². The van der Waals surface area contributed by atoms with Crippen molar-refractivity contribution in [2.45, 2.75) is 13.0 Å². The van der Waals surface area contributed by atoms with E-state index in [4.69, 9.17) is 4.74 Å². The number of hydrogen-bond donors (Lipinski definition) is 3. The van der Waals surface area contributed by atoms with Crippen molar-refractivity contribution in [2.24, 2.45) is 0 Å². The minimum Gasteiger partial charge on any atom is -0.497 e. The normalized spacial score (nSPS) is 11.7. The number of benzene rings is 2. The molecule has 2 aromatic rings. The fourth-order valence-corrected chi connectivity index (χ4v) is 2.14. The van der Waals surface area contributed by atoms with Gasteiger partial charge >= 0.3 is 6.03 Å². The van der Waals surface area contributed by atoms with Gasteiger partial charge in [0.05, 0.1) is 13.2 Å². The van der Waals surface area contributed by atoms with Gasteiger partial charge in [0, 0.05) is 12.2 Å². The Labute approximate surface area is 134 Å². The quantitative estimate of drug-likeness (QED) is 0.793. The smallest absolute Gasteiger partial charge is 0.319 e. The fourth-order valence-electron chi connectivity index (χ4n) is 2.14. The number of ether oxygens (including phenoxy) is 1. The maximum absolute atomic E-state index is 13.3. The maximum Gasteiger partial charge on any atom is 0.319 e. The first-order chi connectivity index (χ1) is 11.0. The van der Waals surface area contributed by atoms with Crippen LogP contribution in [-0.2, 0) is 0 Å². The van der Waals surface area contributed by atoms with E-state index in [2.05, 4.69) is 10.6 Å². The summed E-state index contributed by atoms with van der Waals surface area (Å²) in [5.74, 6) is 0.206. The van der Waals surface area contributed by atoms with Crippen molar-refractivity contribution in [3.8, 4) is 5.75 Å². The highest BCUT2D eigenvalue weighted by molar-refractivity contribution is 5.89. The number of carbonyl (C=O) groups excluding carboxylic acids is 1. The van der Waals surface area contributed by atoms with Crippen molar-refractivity contribution in [1.29, 1.82) is 0 Å². The largest absolute Gasteiger partial charge is 0.497 e. The first-order valence-corrected chi connectivity index (χ1v) is 7.12. The number of amides is 2. The van der Waals surface area contributed by atoms with Gasteiger partial charge in [-0.1, -0.05) is 12.1 Å². The topological polar surface area (TPSA) is 70.6 Å². The third kappa shape index (κ3) is 4.96. The summed E-state index contributed by atoms with van der Waals surface area (Å²) < 4.78 is 18.3. The van der Waals surface area contributed by atoms with Gasteiger partial charge in [-0.15, -0.1) is 0 Å². The predicted octanol–water partition coefficient (Wildman–Crippen LogP) is 3.00. The van der Waals surface area contributed by atoms with E-state index in [1.807, 2.05) is 0 Å². The lowest BCUT2D eigenvalue weighted by molar-refractivity contribution is 0.175. The highest BCUT2D eigenvalue weighted by Gasteiger charge is 2.11. The van der Waals surface area contributed by atoms with Crippen LogP contribution in [0.5, 0.6) is 5.75 Å². The van der Waals surface area contributed by atoms with Crippen molar-refractivity contribution >= 4 is 11.7 Å². The molecule has 0 heterocycles. The molecule has 0 fully saturated rings. The number of aliphatic hydroxyl groups is 1. The summed E-state index contributed by atoms with van der Waals surface area (Å²) in [6.07, 6.45) is -0.870. The molecule has 2 rings (SSSR count). The molecule has 5 nitrogen and oxygen atoms in total. The molecule has 2 amide bonds. The van der Waals surface area contributed by atoms with E-state index < -0.39 is 18.0 Å². The average molecular weight is 318 g/mol. The Morgan fingerprint density at radius 2 is 2.09 bits per heavy atom. The van der Waals surface area contributed by atoms with E-state index in [9.17, 15) is 14.3 Å². The molecule has 2 aromatic carbocycles. The molecule has 23 heavy (non-hydrogen) atoms. The number of halogens is 1. The van der Waals surface area contributed by atoms with Crippen LogP contribution < -0.4 is 15.4 Å². The van der Waals surface area contributed by atoms with Crippen molar-refractivity contribution in [3.05, 3.63) is 59.4 Å². The molecule has 6 heteroatoms. The molecular formula is C17H19FN2O3. The predicted molar refractivity (Wildman–Crippen MR) is 86.1 cm³/mol. The first kappa shape index (κ1) is 16.8. The van der Waals surface area contributed by atoms with Gasteiger partial charge in [-0.05, 0) is 48.4 Å². The highest BCUT2D eigenvalue weighted by atomic mass is 19.1. The second-order valence-corrected chi connectivity index (χ2v) is 5.14. The minimum absolute atomic E-state index is 0.0211. The Hall–Kier alpha value is -2.60. The van der Waals surface area contributed by atoms with Crippen molar-refractivity contribution in [3.63, 3.8) is 0 Å². The average Bonchev–Trinajstić information content (AvgIpc) is 2.51. The van der Waals surface area contributed by atoms with Gasteiger partial charge in [0.15, 0.2) is 0 Å². The van der Waals surface area contributed by atoms with Gasteiger partial charge < -0.3 is 20.5 Å². The van der Waals surface area contributed by atoms with Crippen LogP contribution in [0.1, 0.15) is 17.2 Å². The van der Waals surface area contributed by atoms with Crippen LogP contribution >= 0.6 is 0 Å². The number of nitrogens with one attached hydrogen (secondary N) is 2. The van der Waals surface area contributed by atoms with Crippen LogP contribution in [-0.4, -0.2) is 24.8 Å². The SMILES string of the molecule is COc1cccc(C(O)CNC(=O)Nc2cc(C)cc(F)c2)c1. The summed E-state index contributed by atoms with van der Waals surface area (Å²) in [5.41, 5.74) is 1.69. The lowest BCUT2D eigenvalue weighted by Crippen LogP contribution is -2.32. The zero-order valence-electron chi connectivity index (χ0n) is 13.0. The molecule has 0 aromatic heterocycles. The van der Waals surface area contributed by atoms with Crippen LogP contribution in [0.4, 0.5) is 14.9 Å². The van der Waals surface area contributed by atoms with E-state index in [-0.39, 0.29) is 6.54 Å². The molecule has 1 unspecified atom stereocenters. The number of aliphatic hydroxyl groups excluding tert-OH is 1. The maximum atomic E-state index is 13.3. The number of anilines is 1. The van der Waals surface area contributed by atoms with E-state index in [0.29, 0.717) is 22.6 Å². The van der Waals surface area contributed by atoms with Crippen LogP contribution in [0.25, 0.3) is 0 Å². The summed E-state index contributed by atoms with van der Waals surface area (Å²) >= 11 is 0. The van der Waals surface area contributed by atoms with Crippen LogP contribution in [0.2, 0.25) is 0 Å². The summed E-state index contributed by atoms with van der Waals surface area (Å²) in [4.78, 5) is 11.8.